The molecule has 0 spiro atoms. The van der Waals surface area contributed by atoms with E-state index in [0.717, 1.165) is 16.1 Å². The van der Waals surface area contributed by atoms with Crippen molar-refractivity contribution in [2.75, 3.05) is 30.4 Å². The lowest BCUT2D eigenvalue weighted by Gasteiger charge is -2.33. The van der Waals surface area contributed by atoms with Gasteiger partial charge in [-0.05, 0) is 30.7 Å². The van der Waals surface area contributed by atoms with Crippen molar-refractivity contribution in [1.29, 1.82) is 0 Å². The van der Waals surface area contributed by atoms with Gasteiger partial charge in [-0.2, -0.15) is 0 Å². The van der Waals surface area contributed by atoms with Crippen molar-refractivity contribution in [2.45, 2.75) is 25.9 Å². The number of benzene rings is 3. The van der Waals surface area contributed by atoms with Crippen LogP contribution in [0.2, 0.25) is 0 Å². The molecule has 1 aliphatic heterocycles. The van der Waals surface area contributed by atoms with Gasteiger partial charge in [0.25, 0.3) is 0 Å². The molecule has 11 heteroatoms. The van der Waals surface area contributed by atoms with Gasteiger partial charge >= 0.3 is 0 Å². The number of fused-ring (bicyclic) bond motifs is 1. The summed E-state index contributed by atoms with van der Waals surface area (Å²) in [6, 6.07) is 18.6. The number of halogens is 1. The highest BCUT2D eigenvalue weighted by molar-refractivity contribution is 7.92. The van der Waals surface area contributed by atoms with Gasteiger partial charge in [0.15, 0.2) is 11.5 Å². The molecule has 4 rings (SSSR count). The summed E-state index contributed by atoms with van der Waals surface area (Å²) >= 11 is 0. The Morgan fingerprint density at radius 1 is 1.00 bits per heavy atom. The molecule has 3 aromatic rings. The normalized spacial score (nSPS) is 13.0. The largest absolute Gasteiger partial charge is 0.454 e. The molecule has 1 unspecified atom stereocenters. The summed E-state index contributed by atoms with van der Waals surface area (Å²) in [7, 11) is -3.95. The molecule has 0 saturated heterocycles. The van der Waals surface area contributed by atoms with Crippen molar-refractivity contribution in [3.05, 3.63) is 89.7 Å². The highest BCUT2D eigenvalue weighted by Crippen LogP contribution is 2.36. The third-order valence-corrected chi connectivity index (χ3v) is 7.38. The number of likely N-dealkylation sites (N-methyl/N-ethyl adjacent to an activating group) is 1. The Labute approximate surface area is 227 Å². The van der Waals surface area contributed by atoms with Crippen LogP contribution in [0, 0.1) is 5.82 Å². The molecular formula is C28H30FN3O6S. The van der Waals surface area contributed by atoms with Gasteiger partial charge in [-0.3, -0.25) is 13.9 Å². The van der Waals surface area contributed by atoms with E-state index in [4.69, 9.17) is 9.47 Å². The van der Waals surface area contributed by atoms with E-state index in [2.05, 4.69) is 5.32 Å². The maximum Gasteiger partial charge on any atom is 0.244 e. The highest BCUT2D eigenvalue weighted by atomic mass is 32.2. The molecule has 0 fully saturated rings. The lowest BCUT2D eigenvalue weighted by atomic mass is 10.0. The third kappa shape index (κ3) is 6.85. The number of anilines is 1. The van der Waals surface area contributed by atoms with Crippen LogP contribution in [0.25, 0.3) is 0 Å². The van der Waals surface area contributed by atoms with E-state index in [1.807, 2.05) is 30.3 Å². The number of carbonyl (C=O) groups is 2. The van der Waals surface area contributed by atoms with Gasteiger partial charge in [-0.1, -0.05) is 48.5 Å². The summed E-state index contributed by atoms with van der Waals surface area (Å²) < 4.78 is 52.0. The van der Waals surface area contributed by atoms with Crippen LogP contribution in [0.4, 0.5) is 10.1 Å². The Hall–Kier alpha value is -4.12. The Kier molecular flexibility index (Phi) is 8.70. The van der Waals surface area contributed by atoms with Crippen molar-refractivity contribution >= 4 is 27.5 Å². The zero-order valence-corrected chi connectivity index (χ0v) is 22.5. The second-order valence-corrected chi connectivity index (χ2v) is 10.9. The van der Waals surface area contributed by atoms with E-state index >= 15 is 0 Å². The minimum absolute atomic E-state index is 0.000710. The smallest absolute Gasteiger partial charge is 0.244 e. The Morgan fingerprint density at radius 2 is 1.69 bits per heavy atom. The lowest BCUT2D eigenvalue weighted by molar-refractivity contribution is -0.140. The average molecular weight is 556 g/mol. The van der Waals surface area contributed by atoms with E-state index in [9.17, 15) is 22.4 Å². The molecule has 0 aliphatic carbocycles. The molecule has 1 atom stereocenters. The average Bonchev–Trinajstić information content (AvgIpc) is 3.38. The predicted octanol–water partition coefficient (Wildman–Crippen LogP) is 3.10. The SMILES string of the molecule is CCNC(=O)C(Cc1ccccc1)N(Cc1ccccc1F)C(=O)CN(c1ccc2c(c1)OCO2)S(C)(=O)=O. The summed E-state index contributed by atoms with van der Waals surface area (Å²) in [5, 5.41) is 2.76. The monoisotopic (exact) mass is 555 g/mol. The topological polar surface area (TPSA) is 105 Å². The predicted molar refractivity (Wildman–Crippen MR) is 144 cm³/mol. The number of hydrogen-bond acceptors (Lipinski definition) is 6. The number of nitrogens with one attached hydrogen (secondary N) is 1. The number of ether oxygens (including phenoxy) is 2. The van der Waals surface area contributed by atoms with Crippen LogP contribution < -0.4 is 19.1 Å². The summed E-state index contributed by atoms with van der Waals surface area (Å²) in [5.41, 5.74) is 1.18. The maximum atomic E-state index is 14.7. The molecule has 0 saturated carbocycles. The number of rotatable bonds is 11. The minimum Gasteiger partial charge on any atom is -0.454 e. The number of amides is 2. The Balaban J connectivity index is 1.72. The summed E-state index contributed by atoms with van der Waals surface area (Å²) in [6.07, 6.45) is 1.13. The van der Waals surface area contributed by atoms with Crippen LogP contribution in [-0.4, -0.2) is 57.3 Å². The zero-order chi connectivity index (χ0) is 28.0. The van der Waals surface area contributed by atoms with Crippen molar-refractivity contribution in [3.63, 3.8) is 0 Å². The van der Waals surface area contributed by atoms with Gasteiger partial charge in [0.1, 0.15) is 18.4 Å². The minimum atomic E-state index is -3.95. The molecule has 1 heterocycles. The van der Waals surface area contributed by atoms with E-state index in [1.165, 1.54) is 35.2 Å². The van der Waals surface area contributed by atoms with E-state index in [-0.39, 0.29) is 31.0 Å². The number of sulfonamides is 1. The van der Waals surface area contributed by atoms with Crippen LogP contribution in [0.3, 0.4) is 0 Å². The van der Waals surface area contributed by atoms with Crippen LogP contribution in [0.15, 0.2) is 72.8 Å². The first-order chi connectivity index (χ1) is 18.7. The van der Waals surface area contributed by atoms with Gasteiger partial charge in [0.2, 0.25) is 28.6 Å². The molecule has 0 bridgehead atoms. The van der Waals surface area contributed by atoms with Gasteiger partial charge in [0.05, 0.1) is 11.9 Å². The zero-order valence-electron chi connectivity index (χ0n) is 21.7. The Morgan fingerprint density at radius 3 is 2.38 bits per heavy atom. The third-order valence-electron chi connectivity index (χ3n) is 6.24. The first-order valence-corrected chi connectivity index (χ1v) is 14.2. The van der Waals surface area contributed by atoms with Gasteiger partial charge in [-0.15, -0.1) is 0 Å². The van der Waals surface area contributed by atoms with Crippen molar-refractivity contribution < 1.29 is 31.9 Å². The fraction of sp³-hybridized carbons (Fsp3) is 0.286. The van der Waals surface area contributed by atoms with Crippen molar-refractivity contribution in [1.82, 2.24) is 10.2 Å². The molecule has 3 aromatic carbocycles. The molecule has 206 valence electrons. The molecule has 1 aliphatic rings. The molecule has 0 aromatic heterocycles. The first-order valence-electron chi connectivity index (χ1n) is 12.4. The summed E-state index contributed by atoms with van der Waals surface area (Å²) in [4.78, 5) is 28.5. The van der Waals surface area contributed by atoms with Crippen LogP contribution in [0.5, 0.6) is 11.5 Å². The molecular weight excluding hydrogens is 525 g/mol. The highest BCUT2D eigenvalue weighted by Gasteiger charge is 2.33. The van der Waals surface area contributed by atoms with Gasteiger partial charge in [-0.25, -0.2) is 12.8 Å². The quantitative estimate of drug-likeness (QED) is 0.390. The van der Waals surface area contributed by atoms with Crippen molar-refractivity contribution in [3.8, 4) is 11.5 Å². The van der Waals surface area contributed by atoms with Crippen LogP contribution in [-0.2, 0) is 32.6 Å². The number of carbonyl (C=O) groups excluding carboxylic acids is 2. The van der Waals surface area contributed by atoms with Crippen LogP contribution in [0.1, 0.15) is 18.1 Å². The lowest BCUT2D eigenvalue weighted by Crippen LogP contribution is -2.53. The molecule has 39 heavy (non-hydrogen) atoms. The molecule has 1 N–H and O–H groups in total. The fourth-order valence-corrected chi connectivity index (χ4v) is 5.15. The van der Waals surface area contributed by atoms with Gasteiger partial charge in [0, 0.05) is 31.1 Å². The maximum absolute atomic E-state index is 14.7. The summed E-state index contributed by atoms with van der Waals surface area (Å²) in [6.45, 7) is 1.22. The summed E-state index contributed by atoms with van der Waals surface area (Å²) in [5.74, 6) is -0.839. The number of hydrogen-bond donors (Lipinski definition) is 1. The standard InChI is InChI=1S/C28H30FN3O6S/c1-3-30-28(34)24(15-20-9-5-4-6-10-20)31(17-21-11-7-8-12-23(21)29)27(33)18-32(39(2,35)36)22-13-14-25-26(16-22)38-19-37-25/h4-14,16,24H,3,15,17-19H2,1-2H3,(H,30,34). The molecule has 9 nitrogen and oxygen atoms in total. The van der Waals surface area contributed by atoms with Crippen LogP contribution >= 0.6 is 0 Å². The van der Waals surface area contributed by atoms with Crippen molar-refractivity contribution in [2.24, 2.45) is 0 Å². The Bertz CT molecular complexity index is 1430. The second-order valence-electron chi connectivity index (χ2n) is 9.02. The van der Waals surface area contributed by atoms with E-state index in [0.29, 0.717) is 18.0 Å². The molecule has 2 amide bonds. The molecule has 0 radical (unpaired) electrons. The van der Waals surface area contributed by atoms with Gasteiger partial charge < -0.3 is 19.7 Å². The number of nitrogens with zero attached hydrogens (tertiary/aromatic N) is 2. The fourth-order valence-electron chi connectivity index (χ4n) is 4.31. The second kappa shape index (κ2) is 12.2. The van der Waals surface area contributed by atoms with E-state index < -0.39 is 40.2 Å². The first kappa shape index (κ1) is 27.9. The van der Waals surface area contributed by atoms with E-state index in [1.54, 1.807) is 19.1 Å².